The first-order valence-corrected chi connectivity index (χ1v) is 7.07. The van der Waals surface area contributed by atoms with Crippen LogP contribution in [-0.4, -0.2) is 30.6 Å². The zero-order valence-electron chi connectivity index (χ0n) is 12.3. The van der Waals surface area contributed by atoms with E-state index in [0.717, 1.165) is 5.56 Å². The average Bonchev–Trinajstić information content (AvgIpc) is 2.46. The Bertz CT molecular complexity index is 519. The summed E-state index contributed by atoms with van der Waals surface area (Å²) in [5.41, 5.74) is 1.66. The van der Waals surface area contributed by atoms with Crippen LogP contribution in [0.15, 0.2) is 18.2 Å². The predicted molar refractivity (Wildman–Crippen MR) is 76.0 cm³/mol. The molecule has 2 rings (SSSR count). The normalized spacial score (nSPS) is 20.0. The van der Waals surface area contributed by atoms with Gasteiger partial charge in [-0.15, -0.1) is 0 Å². The largest absolute Gasteiger partial charge is 0.496 e. The minimum atomic E-state index is -0.657. The first-order valence-electron chi connectivity index (χ1n) is 7.07. The number of hydrogen-bond acceptors (Lipinski definition) is 5. The molecule has 0 aromatic heterocycles. The summed E-state index contributed by atoms with van der Waals surface area (Å²) in [7, 11) is 1.55. The van der Waals surface area contributed by atoms with E-state index in [-0.39, 0.29) is 12.4 Å². The molecule has 1 saturated heterocycles. The number of ether oxygens (including phenoxy) is 2. The van der Waals surface area contributed by atoms with Crippen LogP contribution in [0.2, 0.25) is 0 Å². The van der Waals surface area contributed by atoms with Gasteiger partial charge in [0, 0.05) is 12.0 Å². The molecule has 0 radical (unpaired) electrons. The number of rotatable bonds is 5. The van der Waals surface area contributed by atoms with Gasteiger partial charge in [-0.3, -0.25) is 9.59 Å². The summed E-state index contributed by atoms with van der Waals surface area (Å²) in [4.78, 5) is 23.3. The minimum Gasteiger partial charge on any atom is -0.496 e. The zero-order valence-corrected chi connectivity index (χ0v) is 12.3. The third-order valence-corrected chi connectivity index (χ3v) is 3.73. The Kier molecular flexibility index (Phi) is 4.96. The van der Waals surface area contributed by atoms with Gasteiger partial charge in [-0.1, -0.05) is 6.07 Å². The Morgan fingerprint density at radius 2 is 2.19 bits per heavy atom. The standard InChI is InChI=1S/C16H20O5/c1-10(17)13-9-11(4-6-15(13)20-2)3-5-12-14(18)7-8-21-16(12)19/h4,6,9-10,12,17H,3,5,7-8H2,1-2H3. The molecule has 5 nitrogen and oxygen atoms in total. The van der Waals surface area contributed by atoms with Crippen LogP contribution in [0.25, 0.3) is 0 Å². The van der Waals surface area contributed by atoms with Crippen LogP contribution < -0.4 is 4.74 Å². The van der Waals surface area contributed by atoms with Crippen LogP contribution in [0.1, 0.15) is 37.0 Å². The number of aryl methyl sites for hydroxylation is 1. The van der Waals surface area contributed by atoms with Crippen molar-refractivity contribution in [2.75, 3.05) is 13.7 Å². The number of Topliss-reactive ketones (excluding diaryl/α,β-unsaturated/α-hetero) is 1. The van der Waals surface area contributed by atoms with Crippen molar-refractivity contribution in [2.24, 2.45) is 5.92 Å². The maximum atomic E-state index is 11.7. The first-order chi connectivity index (χ1) is 10.0. The number of benzene rings is 1. The highest BCUT2D eigenvalue weighted by Gasteiger charge is 2.31. The fraction of sp³-hybridized carbons (Fsp3) is 0.500. The maximum absolute atomic E-state index is 11.7. The molecular formula is C16H20O5. The fourth-order valence-corrected chi connectivity index (χ4v) is 2.51. The summed E-state index contributed by atoms with van der Waals surface area (Å²) in [5, 5.41) is 9.75. The van der Waals surface area contributed by atoms with E-state index < -0.39 is 18.0 Å². The number of aliphatic hydroxyl groups excluding tert-OH is 1. The molecular weight excluding hydrogens is 272 g/mol. The molecule has 0 spiro atoms. The topological polar surface area (TPSA) is 72.8 Å². The van der Waals surface area contributed by atoms with Gasteiger partial charge >= 0.3 is 5.97 Å². The van der Waals surface area contributed by atoms with Crippen LogP contribution in [0.3, 0.4) is 0 Å². The van der Waals surface area contributed by atoms with Crippen molar-refractivity contribution in [1.29, 1.82) is 0 Å². The minimum absolute atomic E-state index is 0.0458. The van der Waals surface area contributed by atoms with Crippen molar-refractivity contribution in [3.8, 4) is 5.75 Å². The molecule has 0 amide bonds. The van der Waals surface area contributed by atoms with Crippen molar-refractivity contribution < 1.29 is 24.2 Å². The lowest BCUT2D eigenvalue weighted by Gasteiger charge is -2.20. The van der Waals surface area contributed by atoms with E-state index in [2.05, 4.69) is 0 Å². The van der Waals surface area contributed by atoms with Crippen LogP contribution >= 0.6 is 0 Å². The molecule has 1 aromatic carbocycles. The summed E-state index contributed by atoms with van der Waals surface area (Å²) in [6, 6.07) is 5.52. The molecule has 1 aliphatic heterocycles. The molecule has 1 fully saturated rings. The predicted octanol–water partition coefficient (Wildman–Crippen LogP) is 1.81. The first kappa shape index (κ1) is 15.5. The number of cyclic esters (lactones) is 1. The molecule has 0 saturated carbocycles. The number of methoxy groups -OCH3 is 1. The van der Waals surface area contributed by atoms with Gasteiger partial charge < -0.3 is 14.6 Å². The Hall–Kier alpha value is -1.88. The average molecular weight is 292 g/mol. The van der Waals surface area contributed by atoms with Gasteiger partial charge in [0.15, 0.2) is 5.78 Å². The van der Waals surface area contributed by atoms with Gasteiger partial charge in [0.2, 0.25) is 0 Å². The van der Waals surface area contributed by atoms with Crippen molar-refractivity contribution in [1.82, 2.24) is 0 Å². The van der Waals surface area contributed by atoms with Gasteiger partial charge in [-0.05, 0) is 37.5 Å². The van der Waals surface area contributed by atoms with E-state index in [4.69, 9.17) is 9.47 Å². The summed E-state index contributed by atoms with van der Waals surface area (Å²) in [6.07, 6.45) is 0.678. The van der Waals surface area contributed by atoms with Crippen molar-refractivity contribution >= 4 is 11.8 Å². The van der Waals surface area contributed by atoms with Crippen LogP contribution in [-0.2, 0) is 20.7 Å². The van der Waals surface area contributed by atoms with Gasteiger partial charge in [0.05, 0.1) is 19.8 Å². The maximum Gasteiger partial charge on any atom is 0.316 e. The van der Waals surface area contributed by atoms with E-state index in [1.807, 2.05) is 12.1 Å². The molecule has 114 valence electrons. The molecule has 2 atom stereocenters. The Morgan fingerprint density at radius 1 is 1.43 bits per heavy atom. The fourth-order valence-electron chi connectivity index (χ4n) is 2.51. The second-order valence-electron chi connectivity index (χ2n) is 5.23. The number of esters is 1. The second-order valence-corrected chi connectivity index (χ2v) is 5.23. The lowest BCUT2D eigenvalue weighted by atomic mass is 9.92. The van der Waals surface area contributed by atoms with E-state index >= 15 is 0 Å². The smallest absolute Gasteiger partial charge is 0.316 e. The molecule has 1 heterocycles. The van der Waals surface area contributed by atoms with Gasteiger partial charge in [0.25, 0.3) is 0 Å². The van der Waals surface area contributed by atoms with Crippen molar-refractivity contribution in [2.45, 2.75) is 32.3 Å². The number of hydrogen-bond donors (Lipinski definition) is 1. The van der Waals surface area contributed by atoms with Gasteiger partial charge in [-0.2, -0.15) is 0 Å². The molecule has 1 aromatic rings. The number of carbonyl (C=O) groups excluding carboxylic acids is 2. The quantitative estimate of drug-likeness (QED) is 0.662. The molecule has 0 aliphatic carbocycles. The highest BCUT2D eigenvalue weighted by molar-refractivity contribution is 6.00. The Balaban J connectivity index is 2.07. The SMILES string of the molecule is COc1ccc(CCC2C(=O)CCOC2=O)cc1C(C)O. The Labute approximate surface area is 123 Å². The monoisotopic (exact) mass is 292 g/mol. The molecule has 5 heteroatoms. The van der Waals surface area contributed by atoms with E-state index in [1.165, 1.54) is 0 Å². The third-order valence-electron chi connectivity index (χ3n) is 3.73. The highest BCUT2D eigenvalue weighted by Crippen LogP contribution is 2.27. The molecule has 21 heavy (non-hydrogen) atoms. The zero-order chi connectivity index (χ0) is 15.4. The van der Waals surface area contributed by atoms with Crippen LogP contribution in [0.4, 0.5) is 0 Å². The number of aliphatic hydroxyl groups is 1. The van der Waals surface area contributed by atoms with E-state index in [1.54, 1.807) is 20.1 Å². The molecule has 1 N–H and O–H groups in total. The molecule has 2 unspecified atom stereocenters. The second kappa shape index (κ2) is 6.72. The summed E-state index contributed by atoms with van der Waals surface area (Å²) in [6.45, 7) is 1.87. The van der Waals surface area contributed by atoms with Crippen molar-refractivity contribution in [3.05, 3.63) is 29.3 Å². The molecule has 1 aliphatic rings. The molecule has 0 bridgehead atoms. The lowest BCUT2D eigenvalue weighted by molar-refractivity contribution is -0.158. The lowest BCUT2D eigenvalue weighted by Crippen LogP contribution is -2.33. The van der Waals surface area contributed by atoms with Crippen LogP contribution in [0.5, 0.6) is 5.75 Å². The Morgan fingerprint density at radius 3 is 2.81 bits per heavy atom. The summed E-state index contributed by atoms with van der Waals surface area (Å²) >= 11 is 0. The number of ketones is 1. The number of carbonyl (C=O) groups is 2. The summed E-state index contributed by atoms with van der Waals surface area (Å²) < 4.78 is 10.1. The van der Waals surface area contributed by atoms with Gasteiger partial charge in [-0.25, -0.2) is 0 Å². The van der Waals surface area contributed by atoms with E-state index in [0.29, 0.717) is 30.6 Å². The van der Waals surface area contributed by atoms with Gasteiger partial charge in [0.1, 0.15) is 11.7 Å². The van der Waals surface area contributed by atoms with Crippen LogP contribution in [0, 0.1) is 5.92 Å². The third kappa shape index (κ3) is 3.61. The highest BCUT2D eigenvalue weighted by atomic mass is 16.5. The van der Waals surface area contributed by atoms with E-state index in [9.17, 15) is 14.7 Å². The summed E-state index contributed by atoms with van der Waals surface area (Å²) in [5.74, 6) is -0.497. The van der Waals surface area contributed by atoms with Crippen molar-refractivity contribution in [3.63, 3.8) is 0 Å².